The Labute approximate surface area is 135 Å². The smallest absolute Gasteiger partial charge is 0.230 e. The average Bonchev–Trinajstić information content (AvgIpc) is 3.17. The van der Waals surface area contributed by atoms with Crippen molar-refractivity contribution >= 4 is 5.91 Å². The lowest BCUT2D eigenvalue weighted by atomic mass is 9.97. The Bertz CT molecular complexity index is 683. The first-order valence-electron chi connectivity index (χ1n) is 7.98. The third-order valence-corrected chi connectivity index (χ3v) is 4.29. The lowest BCUT2D eigenvalue weighted by molar-refractivity contribution is -0.129. The number of benzene rings is 1. The molecule has 0 unspecified atom stereocenters. The standard InChI is InChI=1S/C17H22N4O2/c1-12-18-16(20-19-12)9-17(23)21-6-5-14(10-21)7-13-3-2-4-15(8-13)11-22/h2-4,8,14,22H,5-7,9-11H2,1H3,(H,18,19,20)/t14-/m1/s1. The average molecular weight is 314 g/mol. The molecule has 1 amide bonds. The van der Waals surface area contributed by atoms with Crippen molar-refractivity contribution in [2.24, 2.45) is 5.92 Å². The number of aliphatic hydroxyl groups is 1. The maximum absolute atomic E-state index is 12.3. The first-order chi connectivity index (χ1) is 11.1. The van der Waals surface area contributed by atoms with Crippen LogP contribution in [0.3, 0.4) is 0 Å². The quantitative estimate of drug-likeness (QED) is 0.870. The topological polar surface area (TPSA) is 82.1 Å². The number of aromatic nitrogens is 3. The van der Waals surface area contributed by atoms with E-state index in [-0.39, 0.29) is 18.9 Å². The van der Waals surface area contributed by atoms with Gasteiger partial charge in [0.15, 0.2) is 5.82 Å². The zero-order valence-corrected chi connectivity index (χ0v) is 13.3. The third-order valence-electron chi connectivity index (χ3n) is 4.29. The minimum absolute atomic E-state index is 0.0686. The first kappa shape index (κ1) is 15.7. The number of aromatic amines is 1. The molecule has 122 valence electrons. The van der Waals surface area contributed by atoms with Gasteiger partial charge in [-0.1, -0.05) is 24.3 Å². The van der Waals surface area contributed by atoms with Crippen LogP contribution < -0.4 is 0 Å². The van der Waals surface area contributed by atoms with Crippen LogP contribution in [0, 0.1) is 12.8 Å². The van der Waals surface area contributed by atoms with Crippen LogP contribution in [0.2, 0.25) is 0 Å². The Hall–Kier alpha value is -2.21. The van der Waals surface area contributed by atoms with Crippen LogP contribution >= 0.6 is 0 Å². The van der Waals surface area contributed by atoms with Crippen molar-refractivity contribution in [3.63, 3.8) is 0 Å². The van der Waals surface area contributed by atoms with Crippen molar-refractivity contribution < 1.29 is 9.90 Å². The second-order valence-electron chi connectivity index (χ2n) is 6.19. The summed E-state index contributed by atoms with van der Waals surface area (Å²) in [6, 6.07) is 8.03. The van der Waals surface area contributed by atoms with Crippen LogP contribution in [0.5, 0.6) is 0 Å². The molecule has 23 heavy (non-hydrogen) atoms. The summed E-state index contributed by atoms with van der Waals surface area (Å²) in [6.45, 7) is 3.48. The molecule has 1 aliphatic heterocycles. The van der Waals surface area contributed by atoms with E-state index < -0.39 is 0 Å². The summed E-state index contributed by atoms with van der Waals surface area (Å²) in [6.07, 6.45) is 2.22. The molecule has 1 saturated heterocycles. The maximum Gasteiger partial charge on any atom is 0.230 e. The molecular weight excluding hydrogens is 292 g/mol. The zero-order valence-electron chi connectivity index (χ0n) is 13.3. The molecule has 3 rings (SSSR count). The van der Waals surface area contributed by atoms with Gasteiger partial charge < -0.3 is 10.0 Å². The molecule has 0 saturated carbocycles. The number of carbonyl (C=O) groups excluding carboxylic acids is 1. The molecule has 0 bridgehead atoms. The number of nitrogens with zero attached hydrogens (tertiary/aromatic N) is 3. The van der Waals surface area contributed by atoms with E-state index in [0.29, 0.717) is 11.7 Å². The van der Waals surface area contributed by atoms with Crippen LogP contribution in [-0.4, -0.2) is 44.2 Å². The number of carbonyl (C=O) groups is 1. The molecule has 0 radical (unpaired) electrons. The predicted molar refractivity (Wildman–Crippen MR) is 85.6 cm³/mol. The largest absolute Gasteiger partial charge is 0.392 e. The van der Waals surface area contributed by atoms with Gasteiger partial charge >= 0.3 is 0 Å². The highest BCUT2D eigenvalue weighted by Crippen LogP contribution is 2.22. The minimum Gasteiger partial charge on any atom is -0.392 e. The number of likely N-dealkylation sites (tertiary alicyclic amines) is 1. The van der Waals surface area contributed by atoms with E-state index >= 15 is 0 Å². The zero-order chi connectivity index (χ0) is 16.2. The number of nitrogens with one attached hydrogen (secondary N) is 1. The predicted octanol–water partition coefficient (Wildman–Crippen LogP) is 1.24. The van der Waals surface area contributed by atoms with E-state index in [1.54, 1.807) is 0 Å². The lowest BCUT2D eigenvalue weighted by Crippen LogP contribution is -2.30. The summed E-state index contributed by atoms with van der Waals surface area (Å²) in [4.78, 5) is 18.4. The third kappa shape index (κ3) is 3.96. The van der Waals surface area contributed by atoms with E-state index in [4.69, 9.17) is 0 Å². The number of hydrogen-bond donors (Lipinski definition) is 2. The molecule has 6 heteroatoms. The van der Waals surface area contributed by atoms with Gasteiger partial charge in [0, 0.05) is 13.1 Å². The fraction of sp³-hybridized carbons (Fsp3) is 0.471. The van der Waals surface area contributed by atoms with Gasteiger partial charge in [0.25, 0.3) is 0 Å². The molecule has 1 aromatic carbocycles. The van der Waals surface area contributed by atoms with Crippen molar-refractivity contribution in [3.05, 3.63) is 47.0 Å². The van der Waals surface area contributed by atoms with Gasteiger partial charge in [0.2, 0.25) is 5.91 Å². The summed E-state index contributed by atoms with van der Waals surface area (Å²) in [5.74, 6) is 1.86. The normalized spacial score (nSPS) is 17.7. The maximum atomic E-state index is 12.3. The summed E-state index contributed by atoms with van der Waals surface area (Å²) in [5, 5.41) is 16.0. The van der Waals surface area contributed by atoms with Crippen LogP contribution in [0.4, 0.5) is 0 Å². The van der Waals surface area contributed by atoms with Crippen molar-refractivity contribution in [2.75, 3.05) is 13.1 Å². The van der Waals surface area contributed by atoms with E-state index in [1.807, 2.05) is 30.0 Å². The highest BCUT2D eigenvalue weighted by Gasteiger charge is 2.27. The van der Waals surface area contributed by atoms with Crippen molar-refractivity contribution in [1.82, 2.24) is 20.1 Å². The van der Waals surface area contributed by atoms with Crippen LogP contribution in [0.15, 0.2) is 24.3 Å². The molecule has 1 atom stereocenters. The molecule has 1 fully saturated rings. The Balaban J connectivity index is 1.54. The molecule has 0 aliphatic carbocycles. The van der Waals surface area contributed by atoms with Gasteiger partial charge in [0.05, 0.1) is 13.0 Å². The van der Waals surface area contributed by atoms with E-state index in [2.05, 4.69) is 21.2 Å². The molecular formula is C17H22N4O2. The number of aliphatic hydroxyl groups excluding tert-OH is 1. The second-order valence-corrected chi connectivity index (χ2v) is 6.19. The number of amides is 1. The summed E-state index contributed by atoms with van der Waals surface area (Å²) >= 11 is 0. The Morgan fingerprint density at radius 2 is 2.26 bits per heavy atom. The molecule has 1 aliphatic rings. The van der Waals surface area contributed by atoms with Gasteiger partial charge in [-0.2, -0.15) is 5.10 Å². The van der Waals surface area contributed by atoms with Crippen LogP contribution in [-0.2, 0) is 24.2 Å². The van der Waals surface area contributed by atoms with Crippen molar-refractivity contribution in [3.8, 4) is 0 Å². The SMILES string of the molecule is Cc1nc(CC(=O)N2CC[C@H](Cc3cccc(CO)c3)C2)n[nH]1. The Morgan fingerprint density at radius 3 is 3.00 bits per heavy atom. The molecule has 2 N–H and O–H groups in total. The molecule has 2 aromatic rings. The van der Waals surface area contributed by atoms with Gasteiger partial charge in [-0.25, -0.2) is 4.98 Å². The number of aryl methyl sites for hydroxylation is 1. The summed E-state index contributed by atoms with van der Waals surface area (Å²) in [5.41, 5.74) is 2.16. The fourth-order valence-electron chi connectivity index (χ4n) is 3.13. The molecule has 1 aromatic heterocycles. The summed E-state index contributed by atoms with van der Waals surface area (Å²) < 4.78 is 0. The highest BCUT2D eigenvalue weighted by molar-refractivity contribution is 5.78. The Morgan fingerprint density at radius 1 is 1.43 bits per heavy atom. The van der Waals surface area contributed by atoms with Crippen LogP contribution in [0.1, 0.15) is 29.2 Å². The summed E-state index contributed by atoms with van der Waals surface area (Å²) in [7, 11) is 0. The minimum atomic E-state index is 0.0686. The van der Waals surface area contributed by atoms with E-state index in [9.17, 15) is 9.90 Å². The fourth-order valence-corrected chi connectivity index (χ4v) is 3.13. The van der Waals surface area contributed by atoms with Gasteiger partial charge in [-0.3, -0.25) is 9.89 Å². The second kappa shape index (κ2) is 6.91. The molecule has 0 spiro atoms. The molecule has 2 heterocycles. The van der Waals surface area contributed by atoms with Gasteiger partial charge in [-0.15, -0.1) is 0 Å². The van der Waals surface area contributed by atoms with Crippen molar-refractivity contribution in [2.45, 2.75) is 32.8 Å². The first-order valence-corrected chi connectivity index (χ1v) is 7.98. The number of hydrogen-bond acceptors (Lipinski definition) is 4. The van der Waals surface area contributed by atoms with Gasteiger partial charge in [-0.05, 0) is 36.8 Å². The van der Waals surface area contributed by atoms with Crippen molar-refractivity contribution in [1.29, 1.82) is 0 Å². The van der Waals surface area contributed by atoms with E-state index in [0.717, 1.165) is 37.3 Å². The lowest BCUT2D eigenvalue weighted by Gasteiger charge is -2.16. The van der Waals surface area contributed by atoms with E-state index in [1.165, 1.54) is 5.56 Å². The molecule has 6 nitrogen and oxygen atoms in total. The van der Waals surface area contributed by atoms with Crippen LogP contribution in [0.25, 0.3) is 0 Å². The monoisotopic (exact) mass is 314 g/mol. The highest BCUT2D eigenvalue weighted by atomic mass is 16.3. The number of H-pyrrole nitrogens is 1. The number of rotatable bonds is 5. The Kier molecular flexibility index (Phi) is 4.71. The van der Waals surface area contributed by atoms with Gasteiger partial charge in [0.1, 0.15) is 5.82 Å².